The molecule has 26 heavy (non-hydrogen) atoms. The first kappa shape index (κ1) is 21.2. The first-order valence-electron chi connectivity index (χ1n) is 8.61. The van der Waals surface area contributed by atoms with Crippen LogP contribution in [0, 0.1) is 0 Å². The highest BCUT2D eigenvalue weighted by atomic mass is 32.2. The molecule has 0 amide bonds. The van der Waals surface area contributed by atoms with Crippen molar-refractivity contribution >= 4 is 22.7 Å². The number of rotatable bonds is 9. The maximum absolute atomic E-state index is 10.6. The zero-order valence-corrected chi connectivity index (χ0v) is 16.5. The van der Waals surface area contributed by atoms with Crippen molar-refractivity contribution in [2.75, 3.05) is 25.6 Å². The predicted molar refractivity (Wildman–Crippen MR) is 99.5 cm³/mol. The van der Waals surface area contributed by atoms with Gasteiger partial charge in [-0.2, -0.15) is 8.42 Å². The molecule has 2 rings (SSSR count). The van der Waals surface area contributed by atoms with E-state index >= 15 is 0 Å². The van der Waals surface area contributed by atoms with E-state index in [1.807, 2.05) is 52.0 Å². The zero-order valence-electron chi connectivity index (χ0n) is 15.7. The van der Waals surface area contributed by atoms with E-state index in [0.717, 1.165) is 5.46 Å². The highest BCUT2D eigenvalue weighted by Crippen LogP contribution is 2.36. The van der Waals surface area contributed by atoms with Crippen molar-refractivity contribution in [1.29, 1.82) is 0 Å². The molecule has 0 bridgehead atoms. The van der Waals surface area contributed by atoms with Crippen molar-refractivity contribution in [3.63, 3.8) is 0 Å². The first-order valence-corrected chi connectivity index (χ1v) is 10.2. The minimum atomic E-state index is -3.92. The summed E-state index contributed by atoms with van der Waals surface area (Å²) >= 11 is 0. The Balaban J connectivity index is 1.72. The Labute approximate surface area is 155 Å². The van der Waals surface area contributed by atoms with Crippen molar-refractivity contribution in [2.45, 2.75) is 45.3 Å². The average Bonchev–Trinajstić information content (AvgIpc) is 2.74. The van der Waals surface area contributed by atoms with Crippen molar-refractivity contribution < 1.29 is 31.8 Å². The standard InChI is InChI=1S/C17H27BO7S/c1-16(2)17(3,4)25-18(24-16)14-6-8-15(9-7-14)23-12-11-22-10-5-13-26(19,20)21/h6-9H,5,10-13H2,1-4H3,(H,19,20,21). The molecule has 1 aliphatic rings. The number of hydrogen-bond acceptors (Lipinski definition) is 6. The first-order chi connectivity index (χ1) is 12.0. The van der Waals surface area contributed by atoms with Crippen LogP contribution in [0.15, 0.2) is 24.3 Å². The third kappa shape index (κ3) is 5.95. The number of hydrogen-bond donors (Lipinski definition) is 1. The molecule has 1 aromatic rings. The van der Waals surface area contributed by atoms with E-state index in [-0.39, 0.29) is 30.0 Å². The van der Waals surface area contributed by atoms with Crippen LogP contribution in [0.3, 0.4) is 0 Å². The summed E-state index contributed by atoms with van der Waals surface area (Å²) < 4.78 is 52.6. The van der Waals surface area contributed by atoms with Crippen molar-refractivity contribution in [3.8, 4) is 5.75 Å². The molecule has 0 aliphatic carbocycles. The Morgan fingerprint density at radius 3 is 2.12 bits per heavy atom. The van der Waals surface area contributed by atoms with Gasteiger partial charge >= 0.3 is 7.12 Å². The minimum absolute atomic E-state index is 0.252. The second kappa shape index (κ2) is 8.27. The smallest absolute Gasteiger partial charge is 0.491 e. The lowest BCUT2D eigenvalue weighted by Gasteiger charge is -2.32. The van der Waals surface area contributed by atoms with Crippen LogP contribution >= 0.6 is 0 Å². The van der Waals surface area contributed by atoms with E-state index in [9.17, 15) is 8.42 Å². The van der Waals surface area contributed by atoms with E-state index in [1.54, 1.807) is 0 Å². The zero-order chi connectivity index (χ0) is 19.4. The van der Waals surface area contributed by atoms with Gasteiger partial charge in [0.2, 0.25) is 0 Å². The van der Waals surface area contributed by atoms with Crippen LogP contribution in [-0.4, -0.2) is 56.9 Å². The van der Waals surface area contributed by atoms with Gasteiger partial charge in [0.25, 0.3) is 10.1 Å². The highest BCUT2D eigenvalue weighted by molar-refractivity contribution is 7.85. The molecule has 0 spiro atoms. The molecule has 0 atom stereocenters. The second-order valence-electron chi connectivity index (χ2n) is 7.26. The van der Waals surface area contributed by atoms with Gasteiger partial charge in [0.05, 0.1) is 23.6 Å². The van der Waals surface area contributed by atoms with Crippen LogP contribution in [0.25, 0.3) is 0 Å². The molecule has 0 saturated carbocycles. The monoisotopic (exact) mass is 386 g/mol. The molecule has 1 N–H and O–H groups in total. The maximum atomic E-state index is 10.6. The van der Waals surface area contributed by atoms with E-state index in [4.69, 9.17) is 23.3 Å². The summed E-state index contributed by atoms with van der Waals surface area (Å²) in [4.78, 5) is 0. The van der Waals surface area contributed by atoms with Crippen molar-refractivity contribution in [2.24, 2.45) is 0 Å². The molecule has 1 heterocycles. The van der Waals surface area contributed by atoms with Gasteiger partial charge in [-0.3, -0.25) is 4.55 Å². The third-order valence-corrected chi connectivity index (χ3v) is 5.40. The van der Waals surface area contributed by atoms with E-state index in [1.165, 1.54) is 0 Å². The Morgan fingerprint density at radius 2 is 1.58 bits per heavy atom. The normalized spacial score (nSPS) is 18.9. The molecular weight excluding hydrogens is 359 g/mol. The Kier molecular flexibility index (Phi) is 6.73. The van der Waals surface area contributed by atoms with Crippen LogP contribution in [-0.2, 0) is 24.2 Å². The molecule has 0 aromatic heterocycles. The summed E-state index contributed by atoms with van der Waals surface area (Å²) in [5.41, 5.74) is 0.177. The Hall–Kier alpha value is -1.13. The second-order valence-corrected chi connectivity index (χ2v) is 8.83. The SMILES string of the molecule is CC1(C)OB(c2ccc(OCCOCCCS(=O)(=O)O)cc2)OC1(C)C. The fourth-order valence-corrected chi connectivity index (χ4v) is 2.85. The van der Waals surface area contributed by atoms with Crippen LogP contribution in [0.2, 0.25) is 0 Å². The summed E-state index contributed by atoms with van der Waals surface area (Å²) in [6, 6.07) is 7.51. The molecule has 146 valence electrons. The van der Waals surface area contributed by atoms with Crippen LogP contribution in [0.1, 0.15) is 34.1 Å². The lowest BCUT2D eigenvalue weighted by atomic mass is 9.79. The number of ether oxygens (including phenoxy) is 2. The lowest BCUT2D eigenvalue weighted by molar-refractivity contribution is 0.00578. The fourth-order valence-electron chi connectivity index (χ4n) is 2.36. The third-order valence-electron chi connectivity index (χ3n) is 4.59. The van der Waals surface area contributed by atoms with E-state index in [0.29, 0.717) is 19.0 Å². The van der Waals surface area contributed by atoms with E-state index < -0.39 is 17.2 Å². The van der Waals surface area contributed by atoms with E-state index in [2.05, 4.69) is 0 Å². The van der Waals surface area contributed by atoms with Gasteiger partial charge in [0, 0.05) is 6.61 Å². The Bertz CT molecular complexity index is 670. The molecule has 7 nitrogen and oxygen atoms in total. The molecular formula is C17H27BO7S. The molecule has 1 aromatic carbocycles. The summed E-state index contributed by atoms with van der Waals surface area (Å²) in [7, 11) is -4.32. The number of benzene rings is 1. The van der Waals surface area contributed by atoms with Gasteiger partial charge in [0.15, 0.2) is 0 Å². The van der Waals surface area contributed by atoms with Gasteiger partial charge in [0.1, 0.15) is 12.4 Å². The topological polar surface area (TPSA) is 91.3 Å². The lowest BCUT2D eigenvalue weighted by Crippen LogP contribution is -2.41. The molecule has 1 fully saturated rings. The molecule has 1 aliphatic heterocycles. The maximum Gasteiger partial charge on any atom is 0.494 e. The largest absolute Gasteiger partial charge is 0.494 e. The summed E-state index contributed by atoms with van der Waals surface area (Å²) in [6.07, 6.45) is 0.252. The minimum Gasteiger partial charge on any atom is -0.491 e. The summed E-state index contributed by atoms with van der Waals surface area (Å²) in [5, 5.41) is 0. The van der Waals surface area contributed by atoms with Gasteiger partial charge in [-0.05, 0) is 51.7 Å². The van der Waals surface area contributed by atoms with Crippen LogP contribution in [0.5, 0.6) is 5.75 Å². The van der Waals surface area contributed by atoms with Crippen LogP contribution < -0.4 is 10.2 Å². The van der Waals surface area contributed by atoms with Gasteiger partial charge in [-0.1, -0.05) is 12.1 Å². The molecule has 1 saturated heterocycles. The quantitative estimate of drug-likeness (QED) is 0.392. The summed E-state index contributed by atoms with van der Waals surface area (Å²) in [6.45, 7) is 9.00. The molecule has 0 unspecified atom stereocenters. The average molecular weight is 386 g/mol. The molecule has 9 heteroatoms. The van der Waals surface area contributed by atoms with Crippen molar-refractivity contribution in [3.05, 3.63) is 24.3 Å². The van der Waals surface area contributed by atoms with Crippen molar-refractivity contribution in [1.82, 2.24) is 0 Å². The highest BCUT2D eigenvalue weighted by Gasteiger charge is 2.51. The fraction of sp³-hybridized carbons (Fsp3) is 0.647. The van der Waals surface area contributed by atoms with Crippen LogP contribution in [0.4, 0.5) is 0 Å². The van der Waals surface area contributed by atoms with Gasteiger partial charge in [-0.15, -0.1) is 0 Å². The predicted octanol–water partition coefficient (Wildman–Crippen LogP) is 1.66. The Morgan fingerprint density at radius 1 is 1.00 bits per heavy atom. The van der Waals surface area contributed by atoms with Gasteiger partial charge < -0.3 is 18.8 Å². The molecule has 0 radical (unpaired) electrons. The van der Waals surface area contributed by atoms with Gasteiger partial charge in [-0.25, -0.2) is 0 Å². The summed E-state index contributed by atoms with van der Waals surface area (Å²) in [5.74, 6) is 0.403.